The van der Waals surface area contributed by atoms with Crippen molar-refractivity contribution in [3.8, 4) is 0 Å². The molecule has 0 spiro atoms. The summed E-state index contributed by atoms with van der Waals surface area (Å²) in [6, 6.07) is 11.5. The quantitative estimate of drug-likeness (QED) is 0.313. The van der Waals surface area contributed by atoms with Crippen LogP contribution in [0.25, 0.3) is 5.76 Å². The van der Waals surface area contributed by atoms with Gasteiger partial charge in [0, 0.05) is 12.1 Å². The molecule has 1 unspecified atom stereocenters. The molecule has 1 fully saturated rings. The lowest BCUT2D eigenvalue weighted by Gasteiger charge is -2.27. The molecule has 1 saturated heterocycles. The fourth-order valence-corrected chi connectivity index (χ4v) is 4.32. The van der Waals surface area contributed by atoms with E-state index >= 15 is 0 Å². The second kappa shape index (κ2) is 10.5. The van der Waals surface area contributed by atoms with Crippen LogP contribution < -0.4 is 0 Å². The van der Waals surface area contributed by atoms with E-state index in [1.54, 1.807) is 30.3 Å². The van der Waals surface area contributed by atoms with Gasteiger partial charge in [-0.15, -0.1) is 0 Å². The fraction of sp³-hybridized carbons (Fsp3) is 0.360. The highest BCUT2D eigenvalue weighted by molar-refractivity contribution is 6.46. The van der Waals surface area contributed by atoms with Crippen molar-refractivity contribution in [3.05, 3.63) is 74.8 Å². The smallest absolute Gasteiger partial charge is 0.295 e. The number of aliphatic hydroxyl groups excluding tert-OH is 1. The fourth-order valence-electron chi connectivity index (χ4n) is 4.01. The first-order valence-corrected chi connectivity index (χ1v) is 11.6. The van der Waals surface area contributed by atoms with Crippen LogP contribution in [0, 0.1) is 6.92 Å². The van der Waals surface area contributed by atoms with Gasteiger partial charge in [-0.1, -0.05) is 72.9 Å². The normalized spacial score (nSPS) is 18.1. The Morgan fingerprint density at radius 2 is 1.69 bits per heavy atom. The Hall–Kier alpha value is -2.34. The standard InChI is InChI=1S/C25H28Cl2N2O3/c1-4-28(5-2)13-6-14-29-22(18-11-12-19(26)20(27)15-18)21(24(31)25(29)32)23(30)17-9-7-16(3)8-10-17/h7-12,15,22,30H,4-6,13-14H2,1-3H3/b23-21+. The molecule has 1 aliphatic heterocycles. The summed E-state index contributed by atoms with van der Waals surface area (Å²) in [5.41, 5.74) is 2.22. The molecule has 0 bridgehead atoms. The molecule has 32 heavy (non-hydrogen) atoms. The number of ketones is 1. The van der Waals surface area contributed by atoms with E-state index < -0.39 is 17.7 Å². The number of hydrogen-bond acceptors (Lipinski definition) is 4. The van der Waals surface area contributed by atoms with Crippen molar-refractivity contribution in [3.63, 3.8) is 0 Å². The lowest BCUT2D eigenvalue weighted by molar-refractivity contribution is -0.140. The monoisotopic (exact) mass is 474 g/mol. The summed E-state index contributed by atoms with van der Waals surface area (Å²) >= 11 is 12.3. The molecule has 0 radical (unpaired) electrons. The minimum atomic E-state index is -0.734. The van der Waals surface area contributed by atoms with Crippen LogP contribution in [0.3, 0.4) is 0 Å². The van der Waals surface area contributed by atoms with Crippen molar-refractivity contribution in [1.29, 1.82) is 0 Å². The maximum Gasteiger partial charge on any atom is 0.295 e. The average Bonchev–Trinajstić information content (AvgIpc) is 3.03. The van der Waals surface area contributed by atoms with E-state index in [0.29, 0.717) is 34.1 Å². The molecular weight excluding hydrogens is 447 g/mol. The number of carbonyl (C=O) groups is 2. The average molecular weight is 475 g/mol. The van der Waals surface area contributed by atoms with E-state index in [-0.39, 0.29) is 11.3 Å². The highest BCUT2D eigenvalue weighted by atomic mass is 35.5. The molecule has 3 rings (SSSR count). The van der Waals surface area contributed by atoms with E-state index in [1.807, 2.05) is 19.1 Å². The molecule has 7 heteroatoms. The molecule has 5 nitrogen and oxygen atoms in total. The van der Waals surface area contributed by atoms with Crippen LogP contribution in [-0.2, 0) is 9.59 Å². The van der Waals surface area contributed by atoms with Gasteiger partial charge in [-0.05, 0) is 50.7 Å². The van der Waals surface area contributed by atoms with Gasteiger partial charge in [-0.3, -0.25) is 9.59 Å². The maximum atomic E-state index is 13.1. The Morgan fingerprint density at radius 3 is 2.28 bits per heavy atom. The van der Waals surface area contributed by atoms with Crippen molar-refractivity contribution in [2.24, 2.45) is 0 Å². The van der Waals surface area contributed by atoms with E-state index in [9.17, 15) is 14.7 Å². The van der Waals surface area contributed by atoms with Crippen LogP contribution in [0.1, 0.15) is 43.0 Å². The first kappa shape index (κ1) is 24.3. The molecule has 1 atom stereocenters. The number of halogens is 2. The third-order valence-corrected chi connectivity index (χ3v) is 6.63. The van der Waals surface area contributed by atoms with Crippen LogP contribution in [0.2, 0.25) is 10.0 Å². The molecule has 0 aliphatic carbocycles. The SMILES string of the molecule is CCN(CC)CCCN1C(=O)C(=O)/C(=C(/O)c2ccc(C)cc2)C1c1ccc(Cl)c(Cl)c1. The summed E-state index contributed by atoms with van der Waals surface area (Å²) in [5, 5.41) is 11.8. The second-order valence-electron chi connectivity index (χ2n) is 7.91. The summed E-state index contributed by atoms with van der Waals surface area (Å²) < 4.78 is 0. The minimum absolute atomic E-state index is 0.0695. The third-order valence-electron chi connectivity index (χ3n) is 5.89. The van der Waals surface area contributed by atoms with Gasteiger partial charge in [0.25, 0.3) is 11.7 Å². The summed E-state index contributed by atoms with van der Waals surface area (Å²) in [4.78, 5) is 29.9. The van der Waals surface area contributed by atoms with E-state index in [1.165, 1.54) is 4.90 Å². The van der Waals surface area contributed by atoms with Gasteiger partial charge >= 0.3 is 0 Å². The number of nitrogens with zero attached hydrogens (tertiary/aromatic N) is 2. The van der Waals surface area contributed by atoms with E-state index in [4.69, 9.17) is 23.2 Å². The lowest BCUT2D eigenvalue weighted by Crippen LogP contribution is -2.33. The number of amides is 1. The lowest BCUT2D eigenvalue weighted by atomic mass is 9.95. The summed E-state index contributed by atoms with van der Waals surface area (Å²) in [6.07, 6.45) is 0.705. The Bertz CT molecular complexity index is 1030. The molecule has 1 amide bonds. The largest absolute Gasteiger partial charge is 0.507 e. The molecule has 1 N–H and O–H groups in total. The minimum Gasteiger partial charge on any atom is -0.507 e. The second-order valence-corrected chi connectivity index (χ2v) is 8.73. The molecule has 2 aromatic rings. The number of rotatable bonds is 8. The van der Waals surface area contributed by atoms with Gasteiger partial charge in [0.1, 0.15) is 5.76 Å². The Labute approximate surface area is 199 Å². The number of hydrogen-bond donors (Lipinski definition) is 1. The molecule has 2 aromatic carbocycles. The highest BCUT2D eigenvalue weighted by Crippen LogP contribution is 2.41. The van der Waals surface area contributed by atoms with Gasteiger partial charge in [0.2, 0.25) is 0 Å². The first-order valence-electron chi connectivity index (χ1n) is 10.8. The topological polar surface area (TPSA) is 60.9 Å². The summed E-state index contributed by atoms with van der Waals surface area (Å²) in [5.74, 6) is -1.50. The summed E-state index contributed by atoms with van der Waals surface area (Å²) in [6.45, 7) is 9.14. The molecule has 170 valence electrons. The number of likely N-dealkylation sites (tertiary alicyclic amines) is 1. The third kappa shape index (κ3) is 5.01. The molecule has 0 aromatic heterocycles. The van der Waals surface area contributed by atoms with Gasteiger partial charge in [0.15, 0.2) is 0 Å². The Morgan fingerprint density at radius 1 is 1.03 bits per heavy atom. The first-order chi connectivity index (χ1) is 15.3. The predicted molar refractivity (Wildman–Crippen MR) is 129 cm³/mol. The van der Waals surface area contributed by atoms with Crippen molar-refractivity contribution >= 4 is 40.7 Å². The van der Waals surface area contributed by atoms with Crippen LogP contribution in [0.5, 0.6) is 0 Å². The zero-order chi connectivity index (χ0) is 23.4. The van der Waals surface area contributed by atoms with Crippen molar-refractivity contribution in [2.45, 2.75) is 33.2 Å². The maximum absolute atomic E-state index is 13.1. The van der Waals surface area contributed by atoms with Crippen molar-refractivity contribution < 1.29 is 14.7 Å². The molecular formula is C25H28Cl2N2O3. The number of aryl methyl sites for hydroxylation is 1. The zero-order valence-electron chi connectivity index (χ0n) is 18.6. The van der Waals surface area contributed by atoms with Crippen LogP contribution >= 0.6 is 23.2 Å². The van der Waals surface area contributed by atoms with E-state index in [0.717, 1.165) is 25.2 Å². The number of carbonyl (C=O) groups excluding carboxylic acids is 2. The van der Waals surface area contributed by atoms with Crippen LogP contribution in [0.4, 0.5) is 0 Å². The molecule has 1 aliphatic rings. The van der Waals surface area contributed by atoms with Crippen LogP contribution in [0.15, 0.2) is 48.0 Å². The van der Waals surface area contributed by atoms with Gasteiger partial charge in [-0.25, -0.2) is 0 Å². The Kier molecular flexibility index (Phi) is 7.99. The number of Topliss-reactive ketones (excluding diaryl/α,β-unsaturated/α-hetero) is 1. The Balaban J connectivity index is 2.05. The summed E-state index contributed by atoms with van der Waals surface area (Å²) in [7, 11) is 0. The highest BCUT2D eigenvalue weighted by Gasteiger charge is 2.45. The number of benzene rings is 2. The van der Waals surface area contributed by atoms with Crippen molar-refractivity contribution in [2.75, 3.05) is 26.2 Å². The number of aliphatic hydroxyl groups is 1. The van der Waals surface area contributed by atoms with Gasteiger partial charge in [0.05, 0.1) is 21.7 Å². The predicted octanol–water partition coefficient (Wildman–Crippen LogP) is 5.46. The zero-order valence-corrected chi connectivity index (χ0v) is 20.1. The molecule has 1 heterocycles. The molecule has 0 saturated carbocycles. The van der Waals surface area contributed by atoms with E-state index in [2.05, 4.69) is 18.7 Å². The van der Waals surface area contributed by atoms with Gasteiger partial charge < -0.3 is 14.9 Å². The van der Waals surface area contributed by atoms with Crippen molar-refractivity contribution in [1.82, 2.24) is 9.80 Å². The van der Waals surface area contributed by atoms with Gasteiger partial charge in [-0.2, -0.15) is 0 Å². The van der Waals surface area contributed by atoms with Crippen LogP contribution in [-0.4, -0.2) is 52.8 Å².